The number of pyridine rings is 1. The van der Waals surface area contributed by atoms with E-state index < -0.39 is 83.3 Å². The fourth-order valence-electron chi connectivity index (χ4n) is 5.46. The van der Waals surface area contributed by atoms with Gasteiger partial charge in [-0.3, -0.25) is 14.4 Å². The predicted octanol–water partition coefficient (Wildman–Crippen LogP) is 8.10. The number of aromatic nitrogens is 3. The molecule has 1 aliphatic heterocycles. The highest BCUT2D eigenvalue weighted by Crippen LogP contribution is 2.44. The van der Waals surface area contributed by atoms with Gasteiger partial charge in [0.25, 0.3) is 5.91 Å². The molecule has 2 atom stereocenters. The molecular weight excluding hydrogens is 649 g/mol. The van der Waals surface area contributed by atoms with Crippen molar-refractivity contribution in [3.8, 4) is 0 Å². The maximum absolute atomic E-state index is 14.2. The topological polar surface area (TPSA) is 80.6 Å². The molecule has 0 fully saturated rings. The summed E-state index contributed by atoms with van der Waals surface area (Å²) in [7, 11) is 1.37. The third-order valence-electron chi connectivity index (χ3n) is 7.49. The zero-order valence-corrected chi connectivity index (χ0v) is 25.7. The van der Waals surface area contributed by atoms with Crippen LogP contribution in [0.5, 0.6) is 0 Å². The Balaban J connectivity index is 1.98. The number of aryl methyl sites for hydroxylation is 2. The van der Waals surface area contributed by atoms with Crippen LogP contribution in [0.2, 0.25) is 0 Å². The Bertz CT molecular complexity index is 1610. The van der Waals surface area contributed by atoms with Crippen molar-refractivity contribution in [1.82, 2.24) is 19.7 Å². The first kappa shape index (κ1) is 35.5. The van der Waals surface area contributed by atoms with Gasteiger partial charge in [0, 0.05) is 19.6 Å². The number of halogens is 9. The molecule has 47 heavy (non-hydrogen) atoms. The van der Waals surface area contributed by atoms with Crippen molar-refractivity contribution in [3.63, 3.8) is 0 Å². The molecule has 8 nitrogen and oxygen atoms in total. The molecule has 0 N–H and O–H groups in total. The number of benzene rings is 1. The normalized spacial score (nSPS) is 17.1. The molecule has 2 unspecified atom stereocenters. The minimum atomic E-state index is -5.20. The number of rotatable bonds is 6. The summed E-state index contributed by atoms with van der Waals surface area (Å²) >= 11 is 0. The predicted molar refractivity (Wildman–Crippen MR) is 149 cm³/mol. The smallest absolute Gasteiger partial charge is 0.433 e. The Labute approximate surface area is 263 Å². The van der Waals surface area contributed by atoms with Gasteiger partial charge in [-0.1, -0.05) is 6.92 Å². The van der Waals surface area contributed by atoms with Crippen LogP contribution in [0.15, 0.2) is 36.4 Å². The van der Waals surface area contributed by atoms with E-state index in [-0.39, 0.29) is 30.3 Å². The molecule has 0 saturated heterocycles. The molecule has 0 spiro atoms. The average Bonchev–Trinajstić information content (AvgIpc) is 3.29. The molecule has 0 saturated carbocycles. The third-order valence-corrected chi connectivity index (χ3v) is 7.49. The van der Waals surface area contributed by atoms with Crippen molar-refractivity contribution in [2.45, 2.75) is 83.8 Å². The molecule has 1 aliphatic rings. The van der Waals surface area contributed by atoms with E-state index in [1.165, 1.54) is 20.0 Å². The van der Waals surface area contributed by atoms with E-state index in [1.54, 1.807) is 20.8 Å². The van der Waals surface area contributed by atoms with Gasteiger partial charge < -0.3 is 9.64 Å². The van der Waals surface area contributed by atoms with Crippen molar-refractivity contribution in [3.05, 3.63) is 75.9 Å². The summed E-state index contributed by atoms with van der Waals surface area (Å²) in [6, 6.07) is 1.45. The molecule has 17 heteroatoms. The lowest BCUT2D eigenvalue weighted by molar-refractivity contribution is -0.143. The standard InChI is InChI=1S/C30H30F9N5O3/c1-6-20-13-22(25-21(44(20)27(46)47-15(2)3)7-8-24(40-25)30(37,38)39)43(26(45)23-9-16(4)41-42(23)5)14-17-10-18(28(31,32)33)12-19(11-17)29(34,35)36/h7-12,15,20,22H,6,13-14H2,1-5H3. The summed E-state index contributed by atoms with van der Waals surface area (Å²) in [4.78, 5) is 33.1. The number of hydrogen-bond donors (Lipinski definition) is 0. The quantitative estimate of drug-likeness (QED) is 0.246. The van der Waals surface area contributed by atoms with Gasteiger partial charge in [-0.2, -0.15) is 44.6 Å². The number of alkyl halides is 9. The number of fused-ring (bicyclic) bond motifs is 1. The van der Waals surface area contributed by atoms with Crippen LogP contribution in [-0.4, -0.2) is 43.8 Å². The van der Waals surface area contributed by atoms with Crippen molar-refractivity contribution in [2.75, 3.05) is 4.90 Å². The van der Waals surface area contributed by atoms with E-state index in [4.69, 9.17) is 4.74 Å². The van der Waals surface area contributed by atoms with Crippen LogP contribution in [0, 0.1) is 6.92 Å². The number of nitrogens with zero attached hydrogens (tertiary/aromatic N) is 5. The van der Waals surface area contributed by atoms with Crippen LogP contribution in [0.3, 0.4) is 0 Å². The zero-order chi connectivity index (χ0) is 35.2. The van der Waals surface area contributed by atoms with Gasteiger partial charge in [0.15, 0.2) is 0 Å². The second-order valence-corrected chi connectivity index (χ2v) is 11.4. The van der Waals surface area contributed by atoms with Gasteiger partial charge in [0.1, 0.15) is 11.4 Å². The fourth-order valence-corrected chi connectivity index (χ4v) is 5.46. The van der Waals surface area contributed by atoms with Gasteiger partial charge in [0.2, 0.25) is 0 Å². The van der Waals surface area contributed by atoms with E-state index in [9.17, 15) is 49.1 Å². The molecule has 0 aliphatic carbocycles. The lowest BCUT2D eigenvalue weighted by Gasteiger charge is -2.43. The Morgan fingerprint density at radius 3 is 2.02 bits per heavy atom. The SMILES string of the molecule is CCC1CC(N(Cc2cc(C(F)(F)F)cc(C(F)(F)F)c2)C(=O)c2cc(C)nn2C)c2nc(C(F)(F)F)ccc2N1C(=O)OC(C)C. The number of ether oxygens (including phenoxy) is 1. The van der Waals surface area contributed by atoms with Crippen molar-refractivity contribution in [1.29, 1.82) is 0 Å². The van der Waals surface area contributed by atoms with Crippen molar-refractivity contribution in [2.24, 2.45) is 7.05 Å². The number of hydrogen-bond acceptors (Lipinski definition) is 5. The summed E-state index contributed by atoms with van der Waals surface area (Å²) in [5.74, 6) is -0.956. The highest BCUT2D eigenvalue weighted by Gasteiger charge is 2.44. The van der Waals surface area contributed by atoms with Crippen LogP contribution in [0.25, 0.3) is 0 Å². The molecular formula is C30H30F9N5O3. The Morgan fingerprint density at radius 2 is 1.55 bits per heavy atom. The molecule has 4 rings (SSSR count). The highest BCUT2D eigenvalue weighted by atomic mass is 19.4. The van der Waals surface area contributed by atoms with Gasteiger partial charge >= 0.3 is 24.6 Å². The molecule has 3 aromatic rings. The summed E-state index contributed by atoms with van der Waals surface area (Å²) < 4.78 is 131. The number of anilines is 1. The van der Waals surface area contributed by atoms with Gasteiger partial charge in [-0.15, -0.1) is 0 Å². The van der Waals surface area contributed by atoms with Gasteiger partial charge in [-0.05, 0) is 75.6 Å². The van der Waals surface area contributed by atoms with Crippen LogP contribution < -0.4 is 4.90 Å². The van der Waals surface area contributed by atoms with Crippen LogP contribution >= 0.6 is 0 Å². The van der Waals surface area contributed by atoms with Crippen LogP contribution in [0.1, 0.15) is 83.9 Å². The highest BCUT2D eigenvalue weighted by molar-refractivity contribution is 5.94. The average molecular weight is 680 g/mol. The van der Waals surface area contributed by atoms with Crippen molar-refractivity contribution < 1.29 is 53.8 Å². The van der Waals surface area contributed by atoms with E-state index in [0.29, 0.717) is 23.9 Å². The monoisotopic (exact) mass is 679 g/mol. The van der Waals surface area contributed by atoms with Gasteiger partial charge in [0.05, 0.1) is 40.3 Å². The summed E-state index contributed by atoms with van der Waals surface area (Å²) in [5.41, 5.74) is -5.67. The zero-order valence-electron chi connectivity index (χ0n) is 25.7. The number of carbonyl (C=O) groups is 2. The molecule has 3 heterocycles. The minimum absolute atomic E-state index is 0.0709. The maximum Gasteiger partial charge on any atom is 0.433 e. The second-order valence-electron chi connectivity index (χ2n) is 11.4. The molecule has 0 radical (unpaired) electrons. The Hall–Kier alpha value is -4.31. The molecule has 2 amide bonds. The van der Waals surface area contributed by atoms with E-state index in [1.807, 2.05) is 0 Å². The maximum atomic E-state index is 14.2. The van der Waals surface area contributed by atoms with E-state index in [0.717, 1.165) is 20.5 Å². The fraction of sp³-hybridized carbons (Fsp3) is 0.467. The molecule has 256 valence electrons. The summed E-state index contributed by atoms with van der Waals surface area (Å²) in [5, 5.41) is 4.08. The lowest BCUT2D eigenvalue weighted by Crippen LogP contribution is -2.49. The molecule has 0 bridgehead atoms. The molecule has 1 aromatic carbocycles. The summed E-state index contributed by atoms with van der Waals surface area (Å²) in [6.07, 6.45) is -17.0. The lowest BCUT2D eigenvalue weighted by atomic mass is 9.91. The number of amides is 2. The first-order valence-electron chi connectivity index (χ1n) is 14.3. The van der Waals surface area contributed by atoms with Gasteiger partial charge in [-0.25, -0.2) is 9.78 Å². The van der Waals surface area contributed by atoms with Crippen molar-refractivity contribution >= 4 is 17.7 Å². The van der Waals surface area contributed by atoms with Crippen LogP contribution in [0.4, 0.5) is 50.0 Å². The largest absolute Gasteiger partial charge is 0.446 e. The first-order valence-corrected chi connectivity index (χ1v) is 14.3. The van der Waals surface area contributed by atoms with E-state index >= 15 is 0 Å². The van der Waals surface area contributed by atoms with Crippen LogP contribution in [-0.2, 0) is 36.9 Å². The minimum Gasteiger partial charge on any atom is -0.446 e. The summed E-state index contributed by atoms with van der Waals surface area (Å²) in [6.45, 7) is 5.39. The third kappa shape index (κ3) is 7.64. The Morgan fingerprint density at radius 1 is 0.957 bits per heavy atom. The first-order chi connectivity index (χ1) is 21.6. The Kier molecular flexibility index (Phi) is 9.61. The van der Waals surface area contributed by atoms with E-state index in [2.05, 4.69) is 10.1 Å². The number of carbonyl (C=O) groups excluding carboxylic acids is 2. The molecule has 2 aromatic heterocycles. The second kappa shape index (κ2) is 12.7.